The van der Waals surface area contributed by atoms with Crippen molar-refractivity contribution < 1.29 is 14.6 Å². The zero-order chi connectivity index (χ0) is 16.4. The van der Waals surface area contributed by atoms with Crippen LogP contribution in [0.5, 0.6) is 0 Å². The highest BCUT2D eigenvalue weighted by Gasteiger charge is 2.55. The van der Waals surface area contributed by atoms with E-state index in [1.807, 2.05) is 30.5 Å². The fourth-order valence-corrected chi connectivity index (χ4v) is 4.21. The molecule has 2 bridgehead atoms. The van der Waals surface area contributed by atoms with Crippen molar-refractivity contribution in [3.8, 4) is 0 Å². The first-order valence-corrected chi connectivity index (χ1v) is 8.22. The van der Waals surface area contributed by atoms with Crippen molar-refractivity contribution in [2.24, 2.45) is 0 Å². The fourth-order valence-electron chi connectivity index (χ4n) is 4.21. The van der Waals surface area contributed by atoms with Gasteiger partial charge in [0.2, 0.25) is 0 Å². The van der Waals surface area contributed by atoms with E-state index >= 15 is 0 Å². The second kappa shape index (κ2) is 4.57. The van der Waals surface area contributed by atoms with E-state index in [2.05, 4.69) is 6.92 Å². The number of imidazole rings is 1. The normalized spacial score (nSPS) is 29.7. The van der Waals surface area contributed by atoms with Crippen LogP contribution < -0.4 is 0 Å². The molecule has 23 heavy (non-hydrogen) atoms. The van der Waals surface area contributed by atoms with Crippen LogP contribution in [-0.4, -0.2) is 32.7 Å². The Morgan fingerprint density at radius 2 is 2.17 bits per heavy atom. The summed E-state index contributed by atoms with van der Waals surface area (Å²) in [7, 11) is 0. The van der Waals surface area contributed by atoms with Crippen LogP contribution in [0.4, 0.5) is 0 Å². The molecule has 1 aliphatic carbocycles. The minimum absolute atomic E-state index is 0.00213. The molecule has 2 aromatic heterocycles. The molecule has 1 saturated carbocycles. The predicted molar refractivity (Wildman–Crippen MR) is 86.1 cm³/mol. The average Bonchev–Trinajstić information content (AvgIpc) is 3.15. The number of hydrogen-bond donors (Lipinski definition) is 1. The zero-order valence-electron chi connectivity index (χ0n) is 13.8. The number of ether oxygens (including phenoxy) is 1. The van der Waals surface area contributed by atoms with Crippen molar-refractivity contribution in [2.75, 3.05) is 6.61 Å². The topological polar surface area (TPSA) is 63.8 Å². The number of nitrogens with zero attached hydrogens (tertiary/aromatic N) is 2. The molecule has 1 saturated heterocycles. The molecule has 2 fully saturated rings. The lowest BCUT2D eigenvalue weighted by atomic mass is 9.84. The summed E-state index contributed by atoms with van der Waals surface area (Å²) in [4.78, 5) is 16.4. The first-order valence-electron chi connectivity index (χ1n) is 8.22. The molecule has 1 aliphatic heterocycles. The van der Waals surface area contributed by atoms with E-state index in [4.69, 9.17) is 9.72 Å². The summed E-state index contributed by atoms with van der Waals surface area (Å²) >= 11 is 0. The molecule has 2 atom stereocenters. The van der Waals surface area contributed by atoms with E-state index in [1.54, 1.807) is 6.20 Å². The van der Waals surface area contributed by atoms with E-state index in [-0.39, 0.29) is 16.9 Å². The molecule has 0 spiro atoms. The smallest absolute Gasteiger partial charge is 0.337 e. The number of pyridine rings is 1. The van der Waals surface area contributed by atoms with Crippen molar-refractivity contribution in [3.63, 3.8) is 0 Å². The summed E-state index contributed by atoms with van der Waals surface area (Å²) in [5.74, 6) is -0.740. The Hall–Kier alpha value is -1.88. The Morgan fingerprint density at radius 3 is 2.70 bits per heavy atom. The maximum absolute atomic E-state index is 11.5. The Morgan fingerprint density at radius 1 is 1.39 bits per heavy atom. The first kappa shape index (κ1) is 14.7. The first-order chi connectivity index (χ1) is 10.8. The third-order valence-corrected chi connectivity index (χ3v) is 5.56. The molecule has 3 heterocycles. The van der Waals surface area contributed by atoms with E-state index in [0.717, 1.165) is 42.8 Å². The highest BCUT2D eigenvalue weighted by Crippen LogP contribution is 2.53. The molecule has 0 amide bonds. The van der Waals surface area contributed by atoms with Crippen LogP contribution in [0.1, 0.15) is 67.6 Å². The lowest BCUT2D eigenvalue weighted by molar-refractivity contribution is -0.00627. The Bertz CT molecular complexity index is 798. The van der Waals surface area contributed by atoms with Crippen LogP contribution in [0.3, 0.4) is 0 Å². The molecule has 2 aromatic rings. The molecule has 4 rings (SSSR count). The number of rotatable bonds is 3. The van der Waals surface area contributed by atoms with Gasteiger partial charge < -0.3 is 14.2 Å². The van der Waals surface area contributed by atoms with Crippen LogP contribution in [-0.2, 0) is 10.2 Å². The number of carboxylic acid groups (broad SMARTS) is 1. The van der Waals surface area contributed by atoms with Gasteiger partial charge in [0.15, 0.2) is 0 Å². The quantitative estimate of drug-likeness (QED) is 0.943. The second-order valence-corrected chi connectivity index (χ2v) is 7.69. The maximum Gasteiger partial charge on any atom is 0.337 e. The Balaban J connectivity index is 1.84. The average molecular weight is 314 g/mol. The lowest BCUT2D eigenvalue weighted by Gasteiger charge is -2.24. The molecule has 0 unspecified atom stereocenters. The van der Waals surface area contributed by atoms with Crippen molar-refractivity contribution in [2.45, 2.75) is 57.0 Å². The van der Waals surface area contributed by atoms with Crippen LogP contribution in [0.2, 0.25) is 0 Å². The number of carbonyl (C=O) groups is 1. The summed E-state index contributed by atoms with van der Waals surface area (Å²) in [6.45, 7) is 6.91. The molecule has 5 nitrogen and oxygen atoms in total. The van der Waals surface area contributed by atoms with Crippen molar-refractivity contribution in [1.82, 2.24) is 9.38 Å². The van der Waals surface area contributed by atoms with E-state index in [1.165, 1.54) is 0 Å². The maximum atomic E-state index is 11.5. The standard InChI is InChI=1S/C18H22N2O3/c1-11(2)12-6-15-19-14(8-20(15)7-13(12)16(21)22)18-5-4-17(3,9-18)23-10-18/h6-8,11H,4-5,9-10H2,1-3H3,(H,21,22)/t17-,18-/m0/s1. The minimum Gasteiger partial charge on any atom is -0.478 e. The molecule has 122 valence electrons. The minimum atomic E-state index is -0.887. The van der Waals surface area contributed by atoms with Crippen LogP contribution in [0.15, 0.2) is 18.5 Å². The van der Waals surface area contributed by atoms with Crippen LogP contribution in [0.25, 0.3) is 5.65 Å². The summed E-state index contributed by atoms with van der Waals surface area (Å²) in [5, 5.41) is 9.48. The van der Waals surface area contributed by atoms with Crippen molar-refractivity contribution >= 4 is 11.6 Å². The Kier molecular flexibility index (Phi) is 2.92. The van der Waals surface area contributed by atoms with Gasteiger partial charge in [-0.1, -0.05) is 13.8 Å². The molecule has 1 N–H and O–H groups in total. The highest BCUT2D eigenvalue weighted by molar-refractivity contribution is 5.89. The number of fused-ring (bicyclic) bond motifs is 3. The highest BCUT2D eigenvalue weighted by atomic mass is 16.5. The van der Waals surface area contributed by atoms with Gasteiger partial charge in [0.05, 0.1) is 23.5 Å². The SMILES string of the molecule is CC(C)c1cc2nc([C@@]34CC[C@@](C)(C3)OC4)cn2cc1C(=O)O. The van der Waals surface area contributed by atoms with Gasteiger partial charge in [0.25, 0.3) is 0 Å². The zero-order valence-corrected chi connectivity index (χ0v) is 13.8. The number of hydrogen-bond acceptors (Lipinski definition) is 3. The van der Waals surface area contributed by atoms with Gasteiger partial charge in [0, 0.05) is 17.8 Å². The number of carboxylic acids is 1. The number of aromatic nitrogens is 2. The van der Waals surface area contributed by atoms with Gasteiger partial charge >= 0.3 is 5.97 Å². The van der Waals surface area contributed by atoms with E-state index < -0.39 is 5.97 Å². The van der Waals surface area contributed by atoms with Gasteiger partial charge in [-0.25, -0.2) is 9.78 Å². The number of aromatic carboxylic acids is 1. The van der Waals surface area contributed by atoms with Gasteiger partial charge in [-0.15, -0.1) is 0 Å². The monoisotopic (exact) mass is 314 g/mol. The Labute approximate surface area is 135 Å². The van der Waals surface area contributed by atoms with Gasteiger partial charge in [-0.05, 0) is 43.7 Å². The van der Waals surface area contributed by atoms with Gasteiger partial charge in [-0.3, -0.25) is 0 Å². The van der Waals surface area contributed by atoms with Crippen molar-refractivity contribution in [3.05, 3.63) is 35.3 Å². The third-order valence-electron chi connectivity index (χ3n) is 5.56. The second-order valence-electron chi connectivity index (χ2n) is 7.69. The van der Waals surface area contributed by atoms with E-state index in [0.29, 0.717) is 5.56 Å². The molecule has 0 aromatic carbocycles. The van der Waals surface area contributed by atoms with Crippen molar-refractivity contribution in [1.29, 1.82) is 0 Å². The van der Waals surface area contributed by atoms with Gasteiger partial charge in [0.1, 0.15) is 5.65 Å². The lowest BCUT2D eigenvalue weighted by Crippen LogP contribution is -2.26. The van der Waals surface area contributed by atoms with E-state index in [9.17, 15) is 9.90 Å². The molecular formula is C18H22N2O3. The fraction of sp³-hybridized carbons (Fsp3) is 0.556. The van der Waals surface area contributed by atoms with Gasteiger partial charge in [-0.2, -0.15) is 0 Å². The summed E-state index contributed by atoms with van der Waals surface area (Å²) in [6, 6.07) is 1.91. The summed E-state index contributed by atoms with van der Waals surface area (Å²) in [5.41, 5.74) is 3.04. The van der Waals surface area contributed by atoms with Crippen LogP contribution in [0, 0.1) is 0 Å². The molecular weight excluding hydrogens is 292 g/mol. The summed E-state index contributed by atoms with van der Waals surface area (Å²) in [6.07, 6.45) is 6.86. The molecule has 2 aliphatic rings. The molecule has 0 radical (unpaired) electrons. The molecule has 5 heteroatoms. The summed E-state index contributed by atoms with van der Waals surface area (Å²) < 4.78 is 7.83. The predicted octanol–water partition coefficient (Wildman–Crippen LogP) is 3.37. The van der Waals surface area contributed by atoms with Crippen LogP contribution >= 0.6 is 0 Å². The third kappa shape index (κ3) is 2.10. The largest absolute Gasteiger partial charge is 0.478 e.